The zero-order valence-electron chi connectivity index (χ0n) is 10.3. The number of halogens is 2. The molecule has 2 aromatic rings. The third-order valence-corrected chi connectivity index (χ3v) is 3.54. The predicted octanol–water partition coefficient (Wildman–Crippen LogP) is 2.17. The first-order chi connectivity index (χ1) is 9.11. The van der Waals surface area contributed by atoms with E-state index >= 15 is 0 Å². The van der Waals surface area contributed by atoms with Gasteiger partial charge in [0.15, 0.2) is 5.82 Å². The van der Waals surface area contributed by atoms with Crippen LogP contribution in [0.2, 0.25) is 0 Å². The molecule has 2 N–H and O–H groups in total. The van der Waals surface area contributed by atoms with Crippen LogP contribution < -0.4 is 5.73 Å². The minimum absolute atomic E-state index is 0.117. The first-order valence-corrected chi connectivity index (χ1v) is 6.14. The Morgan fingerprint density at radius 2 is 2.16 bits per heavy atom. The zero-order valence-corrected chi connectivity index (χ0v) is 10.3. The van der Waals surface area contributed by atoms with E-state index in [9.17, 15) is 8.78 Å². The van der Waals surface area contributed by atoms with Crippen molar-refractivity contribution >= 4 is 5.69 Å². The van der Waals surface area contributed by atoms with E-state index in [1.165, 1.54) is 6.07 Å². The van der Waals surface area contributed by atoms with E-state index in [-0.39, 0.29) is 17.3 Å². The van der Waals surface area contributed by atoms with Crippen molar-refractivity contribution in [1.29, 1.82) is 0 Å². The number of aromatic nitrogens is 4. The van der Waals surface area contributed by atoms with E-state index in [4.69, 9.17) is 5.73 Å². The number of benzene rings is 1. The highest BCUT2D eigenvalue weighted by Gasteiger charge is 2.40. The van der Waals surface area contributed by atoms with Crippen LogP contribution in [0.1, 0.15) is 25.8 Å². The summed E-state index contributed by atoms with van der Waals surface area (Å²) < 4.78 is 28.6. The van der Waals surface area contributed by atoms with Crippen LogP contribution in [0.15, 0.2) is 12.1 Å². The van der Waals surface area contributed by atoms with E-state index in [0.29, 0.717) is 11.7 Å². The number of nitrogens with zero attached hydrogens (tertiary/aromatic N) is 4. The third kappa shape index (κ3) is 1.94. The minimum Gasteiger partial charge on any atom is -0.396 e. The van der Waals surface area contributed by atoms with Gasteiger partial charge in [-0.15, -0.1) is 5.10 Å². The second kappa shape index (κ2) is 4.25. The highest BCUT2D eigenvalue weighted by Crippen LogP contribution is 2.46. The van der Waals surface area contributed by atoms with Crippen LogP contribution in [-0.4, -0.2) is 20.2 Å². The van der Waals surface area contributed by atoms with Crippen molar-refractivity contribution in [3.63, 3.8) is 0 Å². The van der Waals surface area contributed by atoms with Crippen molar-refractivity contribution in [2.75, 3.05) is 5.73 Å². The molecule has 0 amide bonds. The second-order valence-electron chi connectivity index (χ2n) is 4.77. The van der Waals surface area contributed by atoms with E-state index in [2.05, 4.69) is 22.4 Å². The maximum absolute atomic E-state index is 13.8. The topological polar surface area (TPSA) is 69.6 Å². The number of hydrogen-bond acceptors (Lipinski definition) is 4. The van der Waals surface area contributed by atoms with Gasteiger partial charge in [-0.3, -0.25) is 0 Å². The molecule has 0 radical (unpaired) electrons. The Hall–Kier alpha value is -2.05. The Morgan fingerprint density at radius 3 is 2.84 bits per heavy atom. The lowest BCUT2D eigenvalue weighted by atomic mass is 10.1. The number of anilines is 1. The maximum atomic E-state index is 13.8. The summed E-state index contributed by atoms with van der Waals surface area (Å²) in [7, 11) is 0. The Morgan fingerprint density at radius 1 is 1.37 bits per heavy atom. The molecule has 5 nitrogen and oxygen atoms in total. The first kappa shape index (κ1) is 12.0. The Balaban J connectivity index is 2.04. The summed E-state index contributed by atoms with van der Waals surface area (Å²) in [5, 5.41) is 11.3. The lowest BCUT2D eigenvalue weighted by Crippen LogP contribution is -2.04. The van der Waals surface area contributed by atoms with Crippen LogP contribution in [0.4, 0.5) is 14.5 Å². The average Bonchev–Trinajstić information content (AvgIpc) is 3.02. The van der Waals surface area contributed by atoms with Crippen LogP contribution in [0, 0.1) is 17.6 Å². The van der Waals surface area contributed by atoms with Crippen molar-refractivity contribution in [2.45, 2.75) is 25.8 Å². The molecular formula is C12H13F2N5. The number of nitrogens with two attached hydrogens (primary N) is 1. The van der Waals surface area contributed by atoms with Gasteiger partial charge in [0.2, 0.25) is 0 Å². The van der Waals surface area contributed by atoms with Gasteiger partial charge in [0.1, 0.15) is 11.6 Å². The van der Waals surface area contributed by atoms with E-state index in [0.717, 1.165) is 18.9 Å². The lowest BCUT2D eigenvalue weighted by molar-refractivity contribution is 0.557. The van der Waals surface area contributed by atoms with Gasteiger partial charge in [-0.1, -0.05) is 13.3 Å². The van der Waals surface area contributed by atoms with Crippen LogP contribution >= 0.6 is 0 Å². The number of nitrogen functional groups attached to an aromatic ring is 1. The molecule has 0 bridgehead atoms. The van der Waals surface area contributed by atoms with Crippen molar-refractivity contribution in [1.82, 2.24) is 20.2 Å². The molecule has 3 rings (SSSR count). The SMILES string of the molecule is CCC1CC1n1nnnc1-c1cc(N)c(F)cc1F. The largest absolute Gasteiger partial charge is 0.396 e. The summed E-state index contributed by atoms with van der Waals surface area (Å²) in [6.45, 7) is 2.09. The van der Waals surface area contributed by atoms with Gasteiger partial charge >= 0.3 is 0 Å². The van der Waals surface area contributed by atoms with Gasteiger partial charge in [0.25, 0.3) is 0 Å². The fourth-order valence-corrected chi connectivity index (χ4v) is 2.30. The molecule has 1 aliphatic rings. The molecule has 19 heavy (non-hydrogen) atoms. The van der Waals surface area contributed by atoms with Crippen molar-refractivity contribution in [3.05, 3.63) is 23.8 Å². The summed E-state index contributed by atoms with van der Waals surface area (Å²) in [6, 6.07) is 2.19. The summed E-state index contributed by atoms with van der Waals surface area (Å²) in [5.41, 5.74) is 5.48. The number of tetrazole rings is 1. The molecule has 1 aliphatic carbocycles. The Labute approximate surface area is 108 Å². The molecule has 100 valence electrons. The van der Waals surface area contributed by atoms with Gasteiger partial charge in [0, 0.05) is 6.07 Å². The molecule has 1 saturated carbocycles. The molecule has 2 unspecified atom stereocenters. The quantitative estimate of drug-likeness (QED) is 0.863. The molecule has 0 aliphatic heterocycles. The average molecular weight is 265 g/mol. The molecule has 1 aromatic carbocycles. The van der Waals surface area contributed by atoms with Gasteiger partial charge < -0.3 is 5.73 Å². The third-order valence-electron chi connectivity index (χ3n) is 3.54. The molecular weight excluding hydrogens is 252 g/mol. The van der Waals surface area contributed by atoms with Gasteiger partial charge in [0.05, 0.1) is 17.3 Å². The highest BCUT2D eigenvalue weighted by atomic mass is 19.1. The van der Waals surface area contributed by atoms with Crippen LogP contribution in [0.5, 0.6) is 0 Å². The molecule has 0 saturated heterocycles. The Kier molecular flexibility index (Phi) is 2.69. The molecule has 1 heterocycles. The molecule has 2 atom stereocenters. The monoisotopic (exact) mass is 265 g/mol. The van der Waals surface area contributed by atoms with Crippen molar-refractivity contribution in [3.8, 4) is 11.4 Å². The highest BCUT2D eigenvalue weighted by molar-refractivity contribution is 5.62. The molecule has 1 aromatic heterocycles. The van der Waals surface area contributed by atoms with Crippen molar-refractivity contribution in [2.24, 2.45) is 5.92 Å². The molecule has 0 spiro atoms. The fraction of sp³-hybridized carbons (Fsp3) is 0.417. The first-order valence-electron chi connectivity index (χ1n) is 6.14. The Bertz CT molecular complexity index is 625. The second-order valence-corrected chi connectivity index (χ2v) is 4.77. The summed E-state index contributed by atoms with van der Waals surface area (Å²) in [5.74, 6) is -0.678. The van der Waals surface area contributed by atoms with Gasteiger partial charge in [-0.05, 0) is 28.8 Å². The molecule has 7 heteroatoms. The number of hydrogen-bond donors (Lipinski definition) is 1. The standard InChI is InChI=1S/C12H13F2N5/c1-2-6-3-11(6)19-12(16-17-18-19)7-4-10(15)9(14)5-8(7)13/h4-6,11H,2-3,15H2,1H3. The summed E-state index contributed by atoms with van der Waals surface area (Å²) >= 11 is 0. The van der Waals surface area contributed by atoms with E-state index in [1.54, 1.807) is 4.68 Å². The number of rotatable bonds is 3. The molecule has 1 fully saturated rings. The lowest BCUT2D eigenvalue weighted by Gasteiger charge is -2.06. The summed E-state index contributed by atoms with van der Waals surface area (Å²) in [4.78, 5) is 0. The van der Waals surface area contributed by atoms with E-state index < -0.39 is 11.6 Å². The predicted molar refractivity (Wildman–Crippen MR) is 65.0 cm³/mol. The van der Waals surface area contributed by atoms with Gasteiger partial charge in [-0.2, -0.15) is 0 Å². The van der Waals surface area contributed by atoms with Crippen molar-refractivity contribution < 1.29 is 8.78 Å². The van der Waals surface area contributed by atoms with Gasteiger partial charge in [-0.25, -0.2) is 13.5 Å². The minimum atomic E-state index is -0.780. The maximum Gasteiger partial charge on any atom is 0.185 e. The summed E-state index contributed by atoms with van der Waals surface area (Å²) in [6.07, 6.45) is 2.00. The van der Waals surface area contributed by atoms with E-state index in [1.807, 2.05) is 0 Å². The zero-order chi connectivity index (χ0) is 13.6. The fourth-order valence-electron chi connectivity index (χ4n) is 2.30. The van der Waals surface area contributed by atoms with Crippen LogP contribution in [0.25, 0.3) is 11.4 Å². The smallest absolute Gasteiger partial charge is 0.185 e. The normalized spacial score (nSPS) is 21.6. The van der Waals surface area contributed by atoms with Crippen LogP contribution in [-0.2, 0) is 0 Å². The van der Waals surface area contributed by atoms with Crippen LogP contribution in [0.3, 0.4) is 0 Å².